The Kier molecular flexibility index (Phi) is 5.85. The molecule has 1 N–H and O–H groups in total. The lowest BCUT2D eigenvalue weighted by Gasteiger charge is -2.18. The lowest BCUT2D eigenvalue weighted by molar-refractivity contribution is -0.137. The molecule has 0 bridgehead atoms. The van der Waals surface area contributed by atoms with E-state index in [0.29, 0.717) is 5.76 Å². The number of aryl methyl sites for hydroxylation is 2. The number of nitrogens with zero attached hydrogens (tertiary/aromatic N) is 2. The van der Waals surface area contributed by atoms with Crippen LogP contribution in [0.5, 0.6) is 0 Å². The van der Waals surface area contributed by atoms with E-state index < -0.39 is 33.6 Å². The van der Waals surface area contributed by atoms with E-state index in [9.17, 15) is 21.6 Å². The quantitative estimate of drug-likeness (QED) is 0.622. The van der Waals surface area contributed by atoms with Crippen molar-refractivity contribution in [1.82, 2.24) is 14.5 Å². The minimum absolute atomic E-state index is 0.0154. The van der Waals surface area contributed by atoms with E-state index in [1.54, 1.807) is 16.8 Å². The Morgan fingerprint density at radius 1 is 1.17 bits per heavy atom. The number of halogens is 3. The second-order valence-corrected chi connectivity index (χ2v) is 8.51. The normalized spacial score (nSPS) is 13.6. The van der Waals surface area contributed by atoms with Crippen LogP contribution >= 0.6 is 0 Å². The van der Waals surface area contributed by atoms with E-state index >= 15 is 0 Å². The number of nitrogens with one attached hydrogen (secondary N) is 1. The summed E-state index contributed by atoms with van der Waals surface area (Å²) >= 11 is 0. The fourth-order valence-electron chi connectivity index (χ4n) is 3.02. The highest BCUT2D eigenvalue weighted by Crippen LogP contribution is 2.29. The maximum Gasteiger partial charge on any atom is 0.416 e. The Morgan fingerprint density at radius 3 is 2.38 bits per heavy atom. The molecule has 0 amide bonds. The van der Waals surface area contributed by atoms with E-state index in [1.807, 2.05) is 19.9 Å². The molecule has 0 spiro atoms. The number of furan rings is 1. The van der Waals surface area contributed by atoms with Gasteiger partial charge >= 0.3 is 6.18 Å². The molecule has 0 aliphatic carbocycles. The second kappa shape index (κ2) is 8.03. The Morgan fingerprint density at radius 2 is 1.86 bits per heavy atom. The molecule has 2 heterocycles. The van der Waals surface area contributed by atoms with Crippen molar-refractivity contribution in [3.8, 4) is 0 Å². The molecule has 0 aliphatic rings. The van der Waals surface area contributed by atoms with Gasteiger partial charge in [-0.25, -0.2) is 13.1 Å². The molecule has 0 radical (unpaired) electrons. The first-order chi connectivity index (χ1) is 13.5. The van der Waals surface area contributed by atoms with Gasteiger partial charge in [0.05, 0.1) is 23.3 Å². The van der Waals surface area contributed by atoms with Crippen molar-refractivity contribution in [3.63, 3.8) is 0 Å². The third kappa shape index (κ3) is 5.27. The van der Waals surface area contributed by atoms with Crippen LogP contribution in [0, 0.1) is 13.8 Å². The summed E-state index contributed by atoms with van der Waals surface area (Å²) in [4.78, 5) is 0. The van der Waals surface area contributed by atoms with Gasteiger partial charge in [-0.15, -0.1) is 0 Å². The Balaban J connectivity index is 1.74. The molecule has 3 aromatic rings. The van der Waals surface area contributed by atoms with Gasteiger partial charge in [0.1, 0.15) is 11.8 Å². The maximum absolute atomic E-state index is 12.6. The molecule has 156 valence electrons. The summed E-state index contributed by atoms with van der Waals surface area (Å²) in [6.45, 7) is 3.67. The summed E-state index contributed by atoms with van der Waals surface area (Å²) in [5, 5.41) is 4.40. The van der Waals surface area contributed by atoms with Crippen molar-refractivity contribution in [2.75, 3.05) is 6.54 Å². The van der Waals surface area contributed by atoms with E-state index in [0.717, 1.165) is 35.7 Å². The Bertz CT molecular complexity index is 1060. The molecule has 2 aromatic heterocycles. The molecule has 0 aliphatic heterocycles. The largest absolute Gasteiger partial charge is 0.467 e. The van der Waals surface area contributed by atoms with Crippen LogP contribution in [-0.2, 0) is 22.0 Å². The predicted molar refractivity (Wildman–Crippen MR) is 101 cm³/mol. The van der Waals surface area contributed by atoms with Crippen molar-refractivity contribution >= 4 is 10.0 Å². The molecule has 6 nitrogen and oxygen atoms in total. The number of hydrogen-bond donors (Lipinski definition) is 1. The predicted octanol–water partition coefficient (Wildman–Crippen LogP) is 3.82. The molecule has 1 aromatic carbocycles. The highest BCUT2D eigenvalue weighted by molar-refractivity contribution is 7.88. The molecule has 1 atom stereocenters. The van der Waals surface area contributed by atoms with Crippen LogP contribution in [0.3, 0.4) is 0 Å². The fourth-order valence-corrected chi connectivity index (χ4v) is 4.16. The van der Waals surface area contributed by atoms with Gasteiger partial charge in [-0.05, 0) is 49.7 Å². The van der Waals surface area contributed by atoms with E-state index in [-0.39, 0.29) is 12.1 Å². The van der Waals surface area contributed by atoms with Crippen molar-refractivity contribution in [2.24, 2.45) is 0 Å². The highest BCUT2D eigenvalue weighted by atomic mass is 32.2. The summed E-state index contributed by atoms with van der Waals surface area (Å²) in [6, 6.07) is 8.85. The molecule has 29 heavy (non-hydrogen) atoms. The van der Waals surface area contributed by atoms with Crippen molar-refractivity contribution < 1.29 is 26.0 Å². The number of rotatable bonds is 7. The molecule has 3 rings (SSSR count). The zero-order valence-corrected chi connectivity index (χ0v) is 16.6. The smallest absolute Gasteiger partial charge is 0.416 e. The van der Waals surface area contributed by atoms with Crippen molar-refractivity contribution in [3.05, 3.63) is 77.0 Å². The summed E-state index contributed by atoms with van der Waals surface area (Å²) in [5.41, 5.74) is 1.05. The lowest BCUT2D eigenvalue weighted by Crippen LogP contribution is -2.33. The van der Waals surface area contributed by atoms with E-state index in [1.165, 1.54) is 6.26 Å². The Hall–Kier alpha value is -2.59. The average molecular weight is 427 g/mol. The van der Waals surface area contributed by atoms with Crippen LogP contribution in [0.15, 0.2) is 53.1 Å². The van der Waals surface area contributed by atoms with Crippen LogP contribution in [0.1, 0.15) is 34.3 Å². The van der Waals surface area contributed by atoms with Gasteiger partial charge in [-0.3, -0.25) is 4.68 Å². The number of aromatic nitrogens is 2. The van der Waals surface area contributed by atoms with Gasteiger partial charge in [0.15, 0.2) is 0 Å². The number of sulfonamides is 1. The molecule has 10 heteroatoms. The van der Waals surface area contributed by atoms with Crippen LogP contribution in [0.4, 0.5) is 13.2 Å². The van der Waals surface area contributed by atoms with Gasteiger partial charge in [-0.2, -0.15) is 18.3 Å². The SMILES string of the molecule is Cc1cc(C)n(C(CNS(=O)(=O)Cc2ccc(C(F)(F)F)cc2)c2ccco2)n1. The number of alkyl halides is 3. The van der Waals surface area contributed by atoms with Crippen molar-refractivity contribution in [1.29, 1.82) is 0 Å². The minimum atomic E-state index is -4.47. The van der Waals surface area contributed by atoms with Gasteiger partial charge in [-0.1, -0.05) is 12.1 Å². The maximum atomic E-state index is 12.6. The van der Waals surface area contributed by atoms with E-state index in [4.69, 9.17) is 4.42 Å². The monoisotopic (exact) mass is 427 g/mol. The number of hydrogen-bond acceptors (Lipinski definition) is 4. The molecule has 0 saturated heterocycles. The third-order valence-corrected chi connectivity index (χ3v) is 5.67. The van der Waals surface area contributed by atoms with Crippen LogP contribution < -0.4 is 4.72 Å². The first-order valence-electron chi connectivity index (χ1n) is 8.75. The molecule has 0 saturated carbocycles. The summed E-state index contributed by atoms with van der Waals surface area (Å²) < 4.78 is 72.5. The molecule has 1 unspecified atom stereocenters. The topological polar surface area (TPSA) is 77.1 Å². The van der Waals surface area contributed by atoms with Gasteiger partial charge in [0, 0.05) is 12.2 Å². The zero-order valence-electron chi connectivity index (χ0n) is 15.8. The molecular formula is C19H20F3N3O3S. The average Bonchev–Trinajstić information content (AvgIpc) is 3.25. The van der Waals surface area contributed by atoms with E-state index in [2.05, 4.69) is 9.82 Å². The summed E-state index contributed by atoms with van der Waals surface area (Å²) in [7, 11) is -3.80. The van der Waals surface area contributed by atoms with Crippen molar-refractivity contribution in [2.45, 2.75) is 31.8 Å². The highest BCUT2D eigenvalue weighted by Gasteiger charge is 2.30. The van der Waals surface area contributed by atoms with Crippen LogP contribution in [0.2, 0.25) is 0 Å². The summed E-state index contributed by atoms with van der Waals surface area (Å²) in [5.74, 6) is 0.0982. The summed E-state index contributed by atoms with van der Waals surface area (Å²) in [6.07, 6.45) is -2.98. The van der Waals surface area contributed by atoms with Gasteiger partial charge in [0.25, 0.3) is 0 Å². The van der Waals surface area contributed by atoms with Gasteiger partial charge in [0.2, 0.25) is 10.0 Å². The third-order valence-electron chi connectivity index (χ3n) is 4.35. The minimum Gasteiger partial charge on any atom is -0.467 e. The standard InChI is InChI=1S/C19H20F3N3O3S/c1-13-10-14(2)25(24-13)17(18-4-3-9-28-18)11-23-29(26,27)12-15-5-7-16(8-6-15)19(20,21)22/h3-10,17,23H,11-12H2,1-2H3. The molecular weight excluding hydrogens is 407 g/mol. The Labute approximate surface area is 166 Å². The second-order valence-electron chi connectivity index (χ2n) is 6.71. The lowest BCUT2D eigenvalue weighted by atomic mass is 10.1. The first kappa shape index (κ1) is 21.1. The fraction of sp³-hybridized carbons (Fsp3) is 0.316. The van der Waals surface area contributed by atoms with Crippen LogP contribution in [-0.4, -0.2) is 24.7 Å². The van der Waals surface area contributed by atoms with Crippen LogP contribution in [0.25, 0.3) is 0 Å². The zero-order chi connectivity index (χ0) is 21.2. The molecule has 0 fully saturated rings. The first-order valence-corrected chi connectivity index (χ1v) is 10.4. The number of benzene rings is 1. The van der Waals surface area contributed by atoms with Gasteiger partial charge < -0.3 is 4.42 Å².